The smallest absolute Gasteiger partial charge is 0.326 e. The molecule has 0 saturated carbocycles. The molecule has 1 fully saturated rings. The van der Waals surface area contributed by atoms with Crippen LogP contribution in [0.25, 0.3) is 0 Å². The first-order valence-corrected chi connectivity index (χ1v) is 6.65. The van der Waals surface area contributed by atoms with E-state index in [-0.39, 0.29) is 11.9 Å². The van der Waals surface area contributed by atoms with Gasteiger partial charge in [-0.3, -0.25) is 4.79 Å². The number of hydrogen-bond acceptors (Lipinski definition) is 2. The first-order chi connectivity index (χ1) is 9.45. The minimum Gasteiger partial charge on any atom is -0.326 e. The maximum absolute atomic E-state index is 12.4. The van der Waals surface area contributed by atoms with Crippen LogP contribution in [-0.4, -0.2) is 18.5 Å². The Balaban J connectivity index is 1.87. The van der Waals surface area contributed by atoms with Gasteiger partial charge in [0.15, 0.2) is 0 Å². The van der Waals surface area contributed by atoms with Crippen LogP contribution in [0, 0.1) is 0 Å². The molecule has 20 heavy (non-hydrogen) atoms. The van der Waals surface area contributed by atoms with Crippen molar-refractivity contribution in [1.82, 2.24) is 5.32 Å². The number of rotatable bonds is 3. The van der Waals surface area contributed by atoms with Crippen LogP contribution in [-0.2, 0) is 11.0 Å². The molecule has 3 nitrogen and oxygen atoms in total. The lowest BCUT2D eigenvalue weighted by atomic mass is 10.0. The molecule has 2 rings (SSSR count). The molecule has 2 N–H and O–H groups in total. The Kier molecular flexibility index (Phi) is 4.65. The lowest BCUT2D eigenvalue weighted by Gasteiger charge is -2.22. The second-order valence-electron chi connectivity index (χ2n) is 4.97. The van der Waals surface area contributed by atoms with E-state index in [0.717, 1.165) is 37.9 Å². The van der Waals surface area contributed by atoms with E-state index >= 15 is 0 Å². The van der Waals surface area contributed by atoms with Crippen LogP contribution in [0.2, 0.25) is 0 Å². The van der Waals surface area contributed by atoms with Crippen molar-refractivity contribution in [2.75, 3.05) is 11.9 Å². The quantitative estimate of drug-likeness (QED) is 0.896. The standard InChI is InChI=1S/C14H17F3N2O/c15-14(16,17)10-4-6-11(7-5-10)19-13(20)9-12-3-1-2-8-18-12/h4-7,12,18H,1-3,8-9H2,(H,19,20). The SMILES string of the molecule is O=C(CC1CCCCN1)Nc1ccc(C(F)(F)F)cc1. The zero-order chi connectivity index (χ0) is 14.6. The monoisotopic (exact) mass is 286 g/mol. The van der Waals surface area contributed by atoms with Crippen molar-refractivity contribution in [2.45, 2.75) is 37.9 Å². The Bertz CT molecular complexity index is 450. The fourth-order valence-electron chi connectivity index (χ4n) is 2.28. The normalized spacial score (nSPS) is 19.6. The summed E-state index contributed by atoms with van der Waals surface area (Å²) in [5.41, 5.74) is -0.330. The molecule has 1 aromatic carbocycles. The van der Waals surface area contributed by atoms with E-state index in [1.165, 1.54) is 12.1 Å². The Hall–Kier alpha value is -1.56. The molecule has 0 radical (unpaired) electrons. The topological polar surface area (TPSA) is 41.1 Å². The van der Waals surface area contributed by atoms with Crippen LogP contribution in [0.5, 0.6) is 0 Å². The van der Waals surface area contributed by atoms with Gasteiger partial charge in [0.25, 0.3) is 0 Å². The van der Waals surface area contributed by atoms with Crippen molar-refractivity contribution in [3.8, 4) is 0 Å². The summed E-state index contributed by atoms with van der Waals surface area (Å²) in [5, 5.41) is 5.88. The van der Waals surface area contributed by atoms with Crippen LogP contribution >= 0.6 is 0 Å². The highest BCUT2D eigenvalue weighted by Gasteiger charge is 2.30. The largest absolute Gasteiger partial charge is 0.416 e. The van der Waals surface area contributed by atoms with E-state index in [9.17, 15) is 18.0 Å². The fraction of sp³-hybridized carbons (Fsp3) is 0.500. The minimum atomic E-state index is -4.35. The molecule has 1 heterocycles. The second kappa shape index (κ2) is 6.26. The third-order valence-electron chi connectivity index (χ3n) is 3.34. The number of carbonyl (C=O) groups is 1. The molecule has 1 unspecified atom stereocenters. The van der Waals surface area contributed by atoms with Crippen LogP contribution < -0.4 is 10.6 Å². The van der Waals surface area contributed by atoms with Gasteiger partial charge in [0.2, 0.25) is 5.91 Å². The number of carbonyl (C=O) groups excluding carboxylic acids is 1. The molecular formula is C14H17F3N2O. The second-order valence-corrected chi connectivity index (χ2v) is 4.97. The van der Waals surface area contributed by atoms with Gasteiger partial charge in [-0.2, -0.15) is 13.2 Å². The molecule has 1 aliphatic heterocycles. The summed E-state index contributed by atoms with van der Waals surface area (Å²) >= 11 is 0. The number of piperidine rings is 1. The van der Waals surface area contributed by atoms with E-state index in [1.807, 2.05) is 0 Å². The lowest BCUT2D eigenvalue weighted by molar-refractivity contribution is -0.137. The average molecular weight is 286 g/mol. The summed E-state index contributed by atoms with van der Waals surface area (Å²) in [6.07, 6.45) is -0.821. The first-order valence-electron chi connectivity index (χ1n) is 6.65. The summed E-state index contributed by atoms with van der Waals surface area (Å²) in [6.45, 7) is 0.915. The van der Waals surface area contributed by atoms with Crippen LogP contribution in [0.3, 0.4) is 0 Å². The Morgan fingerprint density at radius 2 is 1.95 bits per heavy atom. The van der Waals surface area contributed by atoms with Gasteiger partial charge in [-0.05, 0) is 43.7 Å². The summed E-state index contributed by atoms with van der Waals surface area (Å²) < 4.78 is 37.2. The van der Waals surface area contributed by atoms with Gasteiger partial charge in [0.05, 0.1) is 5.56 Å². The minimum absolute atomic E-state index is 0.165. The molecular weight excluding hydrogens is 269 g/mol. The van der Waals surface area contributed by atoms with Crippen LogP contribution in [0.4, 0.5) is 18.9 Å². The van der Waals surface area contributed by atoms with Crippen molar-refractivity contribution >= 4 is 11.6 Å². The highest BCUT2D eigenvalue weighted by molar-refractivity contribution is 5.91. The Labute approximate surface area is 115 Å². The average Bonchev–Trinajstić information content (AvgIpc) is 2.39. The van der Waals surface area contributed by atoms with Crippen LogP contribution in [0.15, 0.2) is 24.3 Å². The van der Waals surface area contributed by atoms with Crippen molar-refractivity contribution in [1.29, 1.82) is 0 Å². The van der Waals surface area contributed by atoms with Gasteiger partial charge < -0.3 is 10.6 Å². The number of amides is 1. The molecule has 0 aromatic heterocycles. The molecule has 0 bridgehead atoms. The number of anilines is 1. The highest BCUT2D eigenvalue weighted by atomic mass is 19.4. The van der Waals surface area contributed by atoms with Crippen molar-refractivity contribution in [3.63, 3.8) is 0 Å². The number of halogens is 3. The van der Waals surface area contributed by atoms with Crippen molar-refractivity contribution in [2.24, 2.45) is 0 Å². The van der Waals surface area contributed by atoms with Crippen LogP contribution in [0.1, 0.15) is 31.2 Å². The van der Waals surface area contributed by atoms with E-state index in [2.05, 4.69) is 10.6 Å². The predicted molar refractivity (Wildman–Crippen MR) is 70.3 cm³/mol. The van der Waals surface area contributed by atoms with E-state index in [1.54, 1.807) is 0 Å². The third-order valence-corrected chi connectivity index (χ3v) is 3.34. The van der Waals surface area contributed by atoms with E-state index < -0.39 is 11.7 Å². The van der Waals surface area contributed by atoms with E-state index in [0.29, 0.717) is 12.1 Å². The van der Waals surface area contributed by atoms with Gasteiger partial charge >= 0.3 is 6.18 Å². The molecule has 1 aliphatic rings. The van der Waals surface area contributed by atoms with Gasteiger partial charge in [-0.25, -0.2) is 0 Å². The molecule has 1 saturated heterocycles. The Morgan fingerprint density at radius 3 is 2.50 bits per heavy atom. The zero-order valence-electron chi connectivity index (χ0n) is 11.0. The van der Waals surface area contributed by atoms with Crippen molar-refractivity contribution < 1.29 is 18.0 Å². The lowest BCUT2D eigenvalue weighted by Crippen LogP contribution is -2.36. The summed E-state index contributed by atoms with van der Waals surface area (Å²) in [6, 6.07) is 4.64. The molecule has 0 spiro atoms. The molecule has 6 heteroatoms. The predicted octanol–water partition coefficient (Wildman–Crippen LogP) is 3.18. The summed E-state index contributed by atoms with van der Waals surface area (Å²) in [7, 11) is 0. The fourth-order valence-corrected chi connectivity index (χ4v) is 2.28. The number of alkyl halides is 3. The van der Waals surface area contributed by atoms with E-state index in [4.69, 9.17) is 0 Å². The number of hydrogen-bond donors (Lipinski definition) is 2. The molecule has 0 aliphatic carbocycles. The zero-order valence-corrected chi connectivity index (χ0v) is 11.0. The maximum atomic E-state index is 12.4. The molecule has 1 aromatic rings. The summed E-state index contributed by atoms with van der Waals surface area (Å²) in [4.78, 5) is 11.8. The highest BCUT2D eigenvalue weighted by Crippen LogP contribution is 2.29. The van der Waals surface area contributed by atoms with Gasteiger partial charge in [-0.1, -0.05) is 6.42 Å². The maximum Gasteiger partial charge on any atom is 0.416 e. The van der Waals surface area contributed by atoms with Gasteiger partial charge in [0, 0.05) is 18.2 Å². The number of nitrogens with one attached hydrogen (secondary N) is 2. The van der Waals surface area contributed by atoms with Gasteiger partial charge in [0.1, 0.15) is 0 Å². The van der Waals surface area contributed by atoms with Crippen molar-refractivity contribution in [3.05, 3.63) is 29.8 Å². The molecule has 1 atom stereocenters. The molecule has 1 amide bonds. The molecule has 110 valence electrons. The number of benzene rings is 1. The van der Waals surface area contributed by atoms with Gasteiger partial charge in [-0.15, -0.1) is 0 Å². The summed E-state index contributed by atoms with van der Waals surface area (Å²) in [5.74, 6) is -0.177. The third kappa shape index (κ3) is 4.23. The first kappa shape index (κ1) is 14.8. The Morgan fingerprint density at radius 1 is 1.25 bits per heavy atom.